The van der Waals surface area contributed by atoms with Gasteiger partial charge in [0.15, 0.2) is 0 Å². The zero-order valence-corrected chi connectivity index (χ0v) is 22.9. The van der Waals surface area contributed by atoms with E-state index in [1.54, 1.807) is 0 Å². The third-order valence-electron chi connectivity index (χ3n) is 9.68. The van der Waals surface area contributed by atoms with Crippen LogP contribution in [0.5, 0.6) is 0 Å². The van der Waals surface area contributed by atoms with Crippen molar-refractivity contribution in [1.29, 1.82) is 0 Å². The second-order valence-electron chi connectivity index (χ2n) is 12.3. The minimum atomic E-state index is -0.341. The van der Waals surface area contributed by atoms with Crippen LogP contribution in [-0.2, 0) is 21.5 Å². The fraction of sp³-hybridized carbons (Fsp3) is 0.333. The van der Waals surface area contributed by atoms with Crippen LogP contribution in [0.4, 0.5) is 0 Å². The highest BCUT2D eigenvalue weighted by Gasteiger charge is 2.52. The first-order chi connectivity index (χ1) is 19.5. The molecule has 4 aromatic carbocycles. The fourth-order valence-electron chi connectivity index (χ4n) is 8.33. The van der Waals surface area contributed by atoms with Gasteiger partial charge >= 0.3 is 11.9 Å². The van der Waals surface area contributed by atoms with Crippen LogP contribution >= 0.6 is 0 Å². The normalized spacial score (nSPS) is 24.7. The van der Waals surface area contributed by atoms with Crippen LogP contribution in [0.25, 0.3) is 21.9 Å². The average molecular weight is 531 g/mol. The molecule has 0 unspecified atom stereocenters. The van der Waals surface area contributed by atoms with Crippen LogP contribution < -0.4 is 0 Å². The number of benzene rings is 4. The Morgan fingerprint density at radius 2 is 1.45 bits per heavy atom. The van der Waals surface area contributed by atoms with E-state index >= 15 is 0 Å². The third kappa shape index (κ3) is 4.40. The lowest BCUT2D eigenvalue weighted by Crippen LogP contribution is -2.49. The van der Waals surface area contributed by atoms with Crippen molar-refractivity contribution in [2.45, 2.75) is 50.5 Å². The molecule has 0 amide bonds. The first-order valence-electron chi connectivity index (χ1n) is 14.5. The smallest absolute Gasteiger partial charge is 0.338 e. The van der Waals surface area contributed by atoms with Crippen molar-refractivity contribution in [2.75, 3.05) is 7.11 Å². The highest BCUT2D eigenvalue weighted by molar-refractivity contribution is 6.03. The van der Waals surface area contributed by atoms with Gasteiger partial charge < -0.3 is 9.47 Å². The number of hydrogen-bond donors (Lipinski definition) is 0. The Hall–Kier alpha value is -3.92. The van der Waals surface area contributed by atoms with Gasteiger partial charge in [0.1, 0.15) is 6.61 Å². The number of ether oxygens (including phenoxy) is 2. The molecular formula is C36H34O4. The van der Waals surface area contributed by atoms with Crippen LogP contribution in [0.15, 0.2) is 84.9 Å². The zero-order valence-electron chi connectivity index (χ0n) is 22.9. The third-order valence-corrected chi connectivity index (χ3v) is 9.68. The lowest BCUT2D eigenvalue weighted by atomic mass is 9.47. The van der Waals surface area contributed by atoms with Crippen LogP contribution in [-0.4, -0.2) is 19.0 Å². The van der Waals surface area contributed by atoms with Gasteiger partial charge in [-0.25, -0.2) is 9.59 Å². The number of carbonyl (C=O) groups is 2. The van der Waals surface area contributed by atoms with Crippen molar-refractivity contribution in [3.05, 3.63) is 107 Å². The summed E-state index contributed by atoms with van der Waals surface area (Å²) in [5.41, 5.74) is 5.60. The summed E-state index contributed by atoms with van der Waals surface area (Å²) >= 11 is 0. The maximum absolute atomic E-state index is 13.8. The summed E-state index contributed by atoms with van der Waals surface area (Å²) in [6.45, 7) is 0.268. The SMILES string of the molecule is COC(=O)c1ccc(-c2cccc3cc(C(=O)OCc4ccccc4)c(C45CC6CC(CC(C6)C4)C5)cc23)cc1. The molecule has 0 heterocycles. The second kappa shape index (κ2) is 9.92. The van der Waals surface area contributed by atoms with Gasteiger partial charge in [0.2, 0.25) is 0 Å². The number of hydrogen-bond acceptors (Lipinski definition) is 4. The summed E-state index contributed by atoms with van der Waals surface area (Å²) in [7, 11) is 1.40. The number of fused-ring (bicyclic) bond motifs is 1. The molecule has 4 aromatic rings. The van der Waals surface area contributed by atoms with Gasteiger partial charge in [0.25, 0.3) is 0 Å². The van der Waals surface area contributed by atoms with Gasteiger partial charge in [-0.3, -0.25) is 0 Å². The van der Waals surface area contributed by atoms with E-state index in [0.29, 0.717) is 5.56 Å². The van der Waals surface area contributed by atoms with Crippen LogP contribution in [0, 0.1) is 17.8 Å². The average Bonchev–Trinajstić information content (AvgIpc) is 2.98. The maximum Gasteiger partial charge on any atom is 0.338 e. The Balaban J connectivity index is 1.34. The quantitative estimate of drug-likeness (QED) is 0.236. The summed E-state index contributed by atoms with van der Waals surface area (Å²) in [6, 6.07) is 28.1. The van der Waals surface area contributed by atoms with Crippen LogP contribution in [0.3, 0.4) is 0 Å². The van der Waals surface area contributed by atoms with E-state index < -0.39 is 0 Å². The Morgan fingerprint density at radius 1 is 0.775 bits per heavy atom. The van der Waals surface area contributed by atoms with Crippen molar-refractivity contribution in [2.24, 2.45) is 17.8 Å². The van der Waals surface area contributed by atoms with E-state index in [4.69, 9.17) is 9.47 Å². The molecule has 4 nitrogen and oxygen atoms in total. The zero-order chi connectivity index (χ0) is 27.3. The van der Waals surface area contributed by atoms with Crippen molar-refractivity contribution >= 4 is 22.7 Å². The Bertz CT molecular complexity index is 1550. The molecule has 40 heavy (non-hydrogen) atoms. The summed E-state index contributed by atoms with van der Waals surface area (Å²) in [5, 5.41) is 2.16. The fourth-order valence-corrected chi connectivity index (χ4v) is 8.33. The molecule has 4 saturated carbocycles. The van der Waals surface area contributed by atoms with Crippen molar-refractivity contribution in [1.82, 2.24) is 0 Å². The molecule has 0 radical (unpaired) electrons. The first-order valence-corrected chi connectivity index (χ1v) is 14.5. The molecule has 8 rings (SSSR count). The minimum Gasteiger partial charge on any atom is -0.465 e. The maximum atomic E-state index is 13.8. The van der Waals surface area contributed by atoms with Crippen molar-refractivity contribution in [3.8, 4) is 11.1 Å². The van der Waals surface area contributed by atoms with E-state index in [2.05, 4.69) is 24.3 Å². The van der Waals surface area contributed by atoms with Crippen LogP contribution in [0.2, 0.25) is 0 Å². The van der Waals surface area contributed by atoms with E-state index in [1.165, 1.54) is 51.2 Å². The Morgan fingerprint density at radius 3 is 2.10 bits per heavy atom. The van der Waals surface area contributed by atoms with Crippen molar-refractivity contribution in [3.63, 3.8) is 0 Å². The Kier molecular flexibility index (Phi) is 6.22. The van der Waals surface area contributed by atoms with E-state index in [1.807, 2.05) is 60.7 Å². The highest BCUT2D eigenvalue weighted by Crippen LogP contribution is 2.61. The molecule has 4 aliphatic rings. The molecule has 4 bridgehead atoms. The largest absolute Gasteiger partial charge is 0.465 e. The van der Waals surface area contributed by atoms with Crippen LogP contribution in [0.1, 0.15) is 70.4 Å². The molecule has 0 N–H and O–H groups in total. The standard InChI is InChI=1S/C36H34O4/c1-39-34(37)28-12-10-27(11-13-28)30-9-5-8-29-17-32(35(38)40-22-23-6-3-2-4-7-23)33(18-31(29)30)36-19-24-14-25(20-36)16-26(15-24)21-36/h2-13,17-18,24-26H,14-16,19-22H2,1H3. The molecule has 0 atom stereocenters. The molecule has 0 saturated heterocycles. The van der Waals surface area contributed by atoms with E-state index in [9.17, 15) is 9.59 Å². The molecule has 4 fully saturated rings. The molecule has 202 valence electrons. The summed E-state index contributed by atoms with van der Waals surface area (Å²) in [4.78, 5) is 25.8. The number of carbonyl (C=O) groups excluding carboxylic acids is 2. The minimum absolute atomic E-state index is 0.0336. The summed E-state index contributed by atoms with van der Waals surface area (Å²) < 4.78 is 10.8. The number of rotatable bonds is 6. The summed E-state index contributed by atoms with van der Waals surface area (Å²) in [6.07, 6.45) is 7.54. The van der Waals surface area contributed by atoms with Gasteiger partial charge in [-0.2, -0.15) is 0 Å². The molecule has 0 aliphatic heterocycles. The molecule has 0 aromatic heterocycles. The van der Waals surface area contributed by atoms with Gasteiger partial charge in [-0.1, -0.05) is 60.7 Å². The van der Waals surface area contributed by atoms with Gasteiger partial charge in [0, 0.05) is 0 Å². The van der Waals surface area contributed by atoms with E-state index in [-0.39, 0.29) is 24.0 Å². The molecular weight excluding hydrogens is 496 g/mol. The topological polar surface area (TPSA) is 52.6 Å². The first kappa shape index (κ1) is 25.1. The summed E-state index contributed by atoms with van der Waals surface area (Å²) in [5.74, 6) is 1.71. The predicted molar refractivity (Wildman–Crippen MR) is 156 cm³/mol. The lowest BCUT2D eigenvalue weighted by molar-refractivity contribution is -0.00608. The van der Waals surface area contributed by atoms with Gasteiger partial charge in [-0.05, 0) is 119 Å². The lowest BCUT2D eigenvalue weighted by Gasteiger charge is -2.57. The van der Waals surface area contributed by atoms with Gasteiger partial charge in [-0.15, -0.1) is 0 Å². The monoisotopic (exact) mass is 530 g/mol. The molecule has 4 heteroatoms. The predicted octanol–water partition coefficient (Wildman–Crippen LogP) is 8.12. The van der Waals surface area contributed by atoms with E-state index in [0.717, 1.165) is 50.8 Å². The highest BCUT2D eigenvalue weighted by atomic mass is 16.5. The molecule has 0 spiro atoms. The number of esters is 2. The Labute approximate surface area is 235 Å². The second-order valence-corrected chi connectivity index (χ2v) is 12.3. The van der Waals surface area contributed by atoms with Gasteiger partial charge in [0.05, 0.1) is 18.2 Å². The molecule has 4 aliphatic carbocycles. The number of methoxy groups -OCH3 is 1. The van der Waals surface area contributed by atoms with Crippen molar-refractivity contribution < 1.29 is 19.1 Å².